The first-order valence-corrected chi connectivity index (χ1v) is 5.59. The molecule has 0 atom stereocenters. The topological polar surface area (TPSA) is 34.1 Å². The second kappa shape index (κ2) is 6.17. The molecule has 0 spiro atoms. The van der Waals surface area contributed by atoms with Crippen LogP contribution < -0.4 is 5.32 Å². The van der Waals surface area contributed by atoms with Crippen LogP contribution in [-0.4, -0.2) is 31.4 Å². The number of aromatic nitrogens is 1. The van der Waals surface area contributed by atoms with Crippen molar-refractivity contribution in [1.82, 2.24) is 10.3 Å². The summed E-state index contributed by atoms with van der Waals surface area (Å²) in [6, 6.07) is 0. The van der Waals surface area contributed by atoms with Crippen LogP contribution in [0, 0.1) is 0 Å². The molecule has 1 heterocycles. The minimum absolute atomic E-state index is 0.107. The average molecular weight is 254 g/mol. The SMILES string of the molecule is COCCNCc1csc(CC(F)(F)F)n1. The van der Waals surface area contributed by atoms with E-state index in [0.717, 1.165) is 11.3 Å². The molecule has 1 N–H and O–H groups in total. The smallest absolute Gasteiger partial charge is 0.383 e. The van der Waals surface area contributed by atoms with E-state index in [1.165, 1.54) is 0 Å². The summed E-state index contributed by atoms with van der Waals surface area (Å²) < 4.78 is 40.9. The Morgan fingerprint density at radius 3 is 2.88 bits per heavy atom. The number of nitrogens with one attached hydrogen (secondary N) is 1. The van der Waals surface area contributed by atoms with Crippen LogP contribution in [0.4, 0.5) is 13.2 Å². The van der Waals surface area contributed by atoms with E-state index in [1.807, 2.05) is 0 Å². The van der Waals surface area contributed by atoms with Crippen LogP contribution in [-0.2, 0) is 17.7 Å². The fourth-order valence-corrected chi connectivity index (χ4v) is 1.90. The van der Waals surface area contributed by atoms with Crippen molar-refractivity contribution >= 4 is 11.3 Å². The summed E-state index contributed by atoms with van der Waals surface area (Å²) in [5.74, 6) is 0. The Labute approximate surface area is 95.6 Å². The summed E-state index contributed by atoms with van der Waals surface area (Å²) in [5.41, 5.74) is 0.639. The standard InChI is InChI=1S/C9H13F3N2OS/c1-15-3-2-13-5-7-6-16-8(14-7)4-9(10,11)12/h6,13H,2-5H2,1H3. The molecule has 0 saturated heterocycles. The zero-order valence-electron chi connectivity index (χ0n) is 8.80. The highest BCUT2D eigenvalue weighted by Crippen LogP contribution is 2.23. The summed E-state index contributed by atoms with van der Waals surface area (Å²) in [6.45, 7) is 1.69. The first-order valence-electron chi connectivity index (χ1n) is 4.71. The Morgan fingerprint density at radius 2 is 2.25 bits per heavy atom. The molecule has 1 aromatic rings. The molecule has 0 aliphatic carbocycles. The van der Waals surface area contributed by atoms with Crippen LogP contribution >= 0.6 is 11.3 Å². The van der Waals surface area contributed by atoms with Crippen molar-refractivity contribution in [3.05, 3.63) is 16.1 Å². The maximum Gasteiger partial charge on any atom is 0.395 e. The summed E-state index contributed by atoms with van der Waals surface area (Å²) in [5, 5.41) is 4.76. The van der Waals surface area contributed by atoms with Crippen molar-refractivity contribution in [3.63, 3.8) is 0 Å². The lowest BCUT2D eigenvalue weighted by Crippen LogP contribution is -2.18. The number of halogens is 3. The molecule has 0 amide bonds. The minimum Gasteiger partial charge on any atom is -0.383 e. The van der Waals surface area contributed by atoms with E-state index >= 15 is 0 Å². The van der Waals surface area contributed by atoms with Crippen LogP contribution in [0.3, 0.4) is 0 Å². The lowest BCUT2D eigenvalue weighted by Gasteiger charge is -2.02. The van der Waals surface area contributed by atoms with Crippen molar-refractivity contribution in [2.45, 2.75) is 19.1 Å². The quantitative estimate of drug-likeness (QED) is 0.788. The van der Waals surface area contributed by atoms with Gasteiger partial charge >= 0.3 is 6.18 Å². The van der Waals surface area contributed by atoms with Gasteiger partial charge in [-0.15, -0.1) is 11.3 Å². The van der Waals surface area contributed by atoms with Gasteiger partial charge in [-0.2, -0.15) is 13.2 Å². The molecule has 0 aromatic carbocycles. The lowest BCUT2D eigenvalue weighted by molar-refractivity contribution is -0.127. The van der Waals surface area contributed by atoms with E-state index in [1.54, 1.807) is 12.5 Å². The molecule has 1 rings (SSSR count). The van der Waals surface area contributed by atoms with Gasteiger partial charge in [-0.25, -0.2) is 4.98 Å². The molecule has 0 aliphatic heterocycles. The van der Waals surface area contributed by atoms with Crippen LogP contribution in [0.25, 0.3) is 0 Å². The van der Waals surface area contributed by atoms with E-state index in [4.69, 9.17) is 4.74 Å². The van der Waals surface area contributed by atoms with Crippen molar-refractivity contribution in [2.24, 2.45) is 0 Å². The van der Waals surface area contributed by atoms with Gasteiger partial charge in [0.2, 0.25) is 0 Å². The van der Waals surface area contributed by atoms with Gasteiger partial charge in [-0.3, -0.25) is 0 Å². The highest BCUT2D eigenvalue weighted by atomic mass is 32.1. The summed E-state index contributed by atoms with van der Waals surface area (Å²) in [6.07, 6.45) is -5.13. The molecule has 7 heteroatoms. The van der Waals surface area contributed by atoms with E-state index in [2.05, 4.69) is 10.3 Å². The Morgan fingerprint density at radius 1 is 1.50 bits per heavy atom. The molecular weight excluding hydrogens is 241 g/mol. The molecule has 0 saturated carbocycles. The van der Waals surface area contributed by atoms with Gasteiger partial charge in [-0.05, 0) is 0 Å². The Kier molecular flexibility index (Phi) is 5.17. The molecule has 3 nitrogen and oxygen atoms in total. The largest absolute Gasteiger partial charge is 0.395 e. The van der Waals surface area contributed by atoms with Crippen LogP contribution in [0.15, 0.2) is 5.38 Å². The summed E-state index contributed by atoms with van der Waals surface area (Å²) in [4.78, 5) is 3.89. The molecule has 0 aliphatic rings. The number of alkyl halides is 3. The van der Waals surface area contributed by atoms with Gasteiger partial charge in [0.15, 0.2) is 0 Å². The van der Waals surface area contributed by atoms with Crippen molar-refractivity contribution in [1.29, 1.82) is 0 Å². The number of hydrogen-bond donors (Lipinski definition) is 1. The zero-order valence-corrected chi connectivity index (χ0v) is 9.62. The molecule has 0 unspecified atom stereocenters. The first-order chi connectivity index (χ1) is 7.51. The van der Waals surface area contributed by atoms with Crippen LogP contribution in [0.5, 0.6) is 0 Å². The predicted octanol–water partition coefficient (Wildman–Crippen LogP) is 1.98. The number of ether oxygens (including phenoxy) is 1. The Hall–Kier alpha value is -0.660. The van der Waals surface area contributed by atoms with E-state index in [-0.39, 0.29) is 5.01 Å². The number of hydrogen-bond acceptors (Lipinski definition) is 4. The normalized spacial score (nSPS) is 12.0. The minimum atomic E-state index is -4.18. The van der Waals surface area contributed by atoms with Gasteiger partial charge in [0.05, 0.1) is 18.7 Å². The third kappa shape index (κ3) is 5.43. The van der Waals surface area contributed by atoms with Crippen molar-refractivity contribution < 1.29 is 17.9 Å². The van der Waals surface area contributed by atoms with Gasteiger partial charge < -0.3 is 10.1 Å². The molecule has 92 valence electrons. The van der Waals surface area contributed by atoms with E-state index < -0.39 is 12.6 Å². The fraction of sp³-hybridized carbons (Fsp3) is 0.667. The van der Waals surface area contributed by atoms with Gasteiger partial charge in [0.1, 0.15) is 5.01 Å². The predicted molar refractivity (Wildman–Crippen MR) is 55.5 cm³/mol. The highest BCUT2D eigenvalue weighted by molar-refractivity contribution is 7.09. The van der Waals surface area contributed by atoms with E-state index in [0.29, 0.717) is 25.4 Å². The molecule has 0 bridgehead atoms. The molecular formula is C9H13F3N2OS. The van der Waals surface area contributed by atoms with Gasteiger partial charge in [0.25, 0.3) is 0 Å². The number of nitrogens with zero attached hydrogens (tertiary/aromatic N) is 1. The average Bonchev–Trinajstić information content (AvgIpc) is 2.58. The maximum atomic E-state index is 12.0. The van der Waals surface area contributed by atoms with Crippen LogP contribution in [0.2, 0.25) is 0 Å². The molecule has 0 radical (unpaired) electrons. The monoisotopic (exact) mass is 254 g/mol. The third-order valence-electron chi connectivity index (χ3n) is 1.74. The highest BCUT2D eigenvalue weighted by Gasteiger charge is 2.29. The second-order valence-electron chi connectivity index (χ2n) is 3.19. The Balaban J connectivity index is 2.34. The fourth-order valence-electron chi connectivity index (χ4n) is 1.07. The second-order valence-corrected chi connectivity index (χ2v) is 4.14. The molecule has 0 fully saturated rings. The van der Waals surface area contributed by atoms with E-state index in [9.17, 15) is 13.2 Å². The number of thiazole rings is 1. The summed E-state index contributed by atoms with van der Waals surface area (Å²) >= 11 is 1.04. The number of rotatable bonds is 6. The number of methoxy groups -OCH3 is 1. The summed E-state index contributed by atoms with van der Waals surface area (Å²) in [7, 11) is 1.59. The van der Waals surface area contributed by atoms with Gasteiger partial charge in [-0.1, -0.05) is 0 Å². The molecule has 16 heavy (non-hydrogen) atoms. The van der Waals surface area contributed by atoms with Crippen LogP contribution in [0.1, 0.15) is 10.7 Å². The zero-order chi connectivity index (χ0) is 12.0. The van der Waals surface area contributed by atoms with Crippen molar-refractivity contribution in [2.75, 3.05) is 20.3 Å². The van der Waals surface area contributed by atoms with Crippen molar-refractivity contribution in [3.8, 4) is 0 Å². The Bertz CT molecular complexity index is 314. The third-order valence-corrected chi connectivity index (χ3v) is 2.64. The molecule has 1 aromatic heterocycles. The first kappa shape index (κ1) is 13.4. The maximum absolute atomic E-state index is 12.0. The lowest BCUT2D eigenvalue weighted by atomic mass is 10.4. The van der Waals surface area contributed by atoms with Gasteiger partial charge in [0, 0.05) is 25.6 Å².